The fraction of sp³-hybridized carbons (Fsp3) is 0.500. The molecule has 1 aliphatic carbocycles. The summed E-state index contributed by atoms with van der Waals surface area (Å²) in [5.41, 5.74) is 0. The minimum atomic E-state index is -3.71. The number of hydrogen-bond acceptors (Lipinski definition) is 5. The molecule has 1 aliphatic rings. The molecule has 116 valence electrons. The zero-order chi connectivity index (χ0) is 15.5. The first-order valence-corrected chi connectivity index (χ1v) is 8.80. The zero-order valence-electron chi connectivity index (χ0n) is 11.2. The summed E-state index contributed by atoms with van der Waals surface area (Å²) in [4.78, 5) is 22.1. The van der Waals surface area contributed by atoms with Crippen molar-refractivity contribution in [1.29, 1.82) is 0 Å². The van der Waals surface area contributed by atoms with Gasteiger partial charge in [0.15, 0.2) is 0 Å². The average molecular weight is 332 g/mol. The third-order valence-electron chi connectivity index (χ3n) is 2.87. The van der Waals surface area contributed by atoms with E-state index in [9.17, 15) is 18.0 Å². The van der Waals surface area contributed by atoms with Crippen molar-refractivity contribution >= 4 is 33.2 Å². The molecule has 1 fully saturated rings. The summed E-state index contributed by atoms with van der Waals surface area (Å²) in [5.74, 6) is -1.22. The van der Waals surface area contributed by atoms with Crippen LogP contribution in [0.4, 0.5) is 0 Å². The number of sulfonamides is 1. The van der Waals surface area contributed by atoms with Gasteiger partial charge < -0.3 is 10.4 Å². The van der Waals surface area contributed by atoms with Gasteiger partial charge in [-0.25, -0.2) is 17.9 Å². The lowest BCUT2D eigenvalue weighted by molar-refractivity contribution is -0.121. The Morgan fingerprint density at radius 1 is 1.33 bits per heavy atom. The molecular weight excluding hydrogens is 316 g/mol. The van der Waals surface area contributed by atoms with Crippen LogP contribution in [0.5, 0.6) is 0 Å². The molecular formula is C12H16N2O5S2. The summed E-state index contributed by atoms with van der Waals surface area (Å²) < 4.78 is 26.1. The summed E-state index contributed by atoms with van der Waals surface area (Å²) in [6.45, 7) is 0.140. The minimum Gasteiger partial charge on any atom is -0.477 e. The van der Waals surface area contributed by atoms with Gasteiger partial charge in [0.1, 0.15) is 9.09 Å². The van der Waals surface area contributed by atoms with E-state index in [1.165, 1.54) is 12.1 Å². The third-order valence-corrected chi connectivity index (χ3v) is 5.90. The van der Waals surface area contributed by atoms with Crippen LogP contribution in [0, 0.1) is 0 Å². The van der Waals surface area contributed by atoms with E-state index in [1.54, 1.807) is 0 Å². The molecule has 1 aromatic heterocycles. The minimum absolute atomic E-state index is 0.0285. The molecule has 0 atom stereocenters. The first kappa shape index (κ1) is 15.9. The second-order valence-electron chi connectivity index (χ2n) is 4.77. The molecule has 0 radical (unpaired) electrons. The Labute approximate surface area is 126 Å². The summed E-state index contributed by atoms with van der Waals surface area (Å²) in [5, 5.41) is 11.6. The van der Waals surface area contributed by atoms with E-state index in [2.05, 4.69) is 10.0 Å². The Kier molecular flexibility index (Phi) is 4.96. The smallest absolute Gasteiger partial charge is 0.345 e. The summed E-state index contributed by atoms with van der Waals surface area (Å²) in [6, 6.07) is 2.82. The molecule has 7 nitrogen and oxygen atoms in total. The fourth-order valence-corrected chi connectivity index (χ4v) is 3.90. The van der Waals surface area contributed by atoms with Crippen LogP contribution in [-0.2, 0) is 14.8 Å². The Hall–Kier alpha value is -1.45. The van der Waals surface area contributed by atoms with Crippen molar-refractivity contribution in [3.8, 4) is 0 Å². The van der Waals surface area contributed by atoms with Gasteiger partial charge in [-0.1, -0.05) is 0 Å². The highest BCUT2D eigenvalue weighted by atomic mass is 32.2. The van der Waals surface area contributed by atoms with Crippen molar-refractivity contribution < 1.29 is 23.1 Å². The van der Waals surface area contributed by atoms with E-state index in [1.807, 2.05) is 0 Å². The van der Waals surface area contributed by atoms with E-state index in [0.29, 0.717) is 23.8 Å². The fourth-order valence-electron chi connectivity index (χ4n) is 1.63. The van der Waals surface area contributed by atoms with Gasteiger partial charge in [0, 0.05) is 19.0 Å². The molecule has 1 aromatic rings. The topological polar surface area (TPSA) is 113 Å². The molecule has 0 bridgehead atoms. The number of carboxylic acids is 1. The van der Waals surface area contributed by atoms with Gasteiger partial charge >= 0.3 is 5.97 Å². The molecule has 21 heavy (non-hydrogen) atoms. The number of nitrogens with one attached hydrogen (secondary N) is 2. The van der Waals surface area contributed by atoms with Crippen molar-refractivity contribution in [1.82, 2.24) is 10.0 Å². The molecule has 9 heteroatoms. The Morgan fingerprint density at radius 3 is 2.62 bits per heavy atom. The van der Waals surface area contributed by atoms with Crippen molar-refractivity contribution in [3.63, 3.8) is 0 Å². The van der Waals surface area contributed by atoms with Crippen LogP contribution in [0.1, 0.15) is 35.4 Å². The van der Waals surface area contributed by atoms with Crippen LogP contribution in [0.2, 0.25) is 0 Å². The van der Waals surface area contributed by atoms with Gasteiger partial charge in [-0.3, -0.25) is 4.79 Å². The Balaban J connectivity index is 1.77. The highest BCUT2D eigenvalue weighted by Crippen LogP contribution is 2.21. The molecule has 0 spiro atoms. The van der Waals surface area contributed by atoms with Crippen molar-refractivity contribution in [2.75, 3.05) is 6.54 Å². The molecule has 0 unspecified atom stereocenters. The predicted molar refractivity (Wildman–Crippen MR) is 76.9 cm³/mol. The van der Waals surface area contributed by atoms with Crippen molar-refractivity contribution in [2.24, 2.45) is 0 Å². The van der Waals surface area contributed by atoms with E-state index in [0.717, 1.165) is 12.8 Å². The zero-order valence-corrected chi connectivity index (χ0v) is 12.8. The van der Waals surface area contributed by atoms with Gasteiger partial charge in [0.25, 0.3) is 0 Å². The maximum Gasteiger partial charge on any atom is 0.345 e. The number of hydrogen-bond donors (Lipinski definition) is 3. The molecule has 0 saturated heterocycles. The number of aromatic carboxylic acids is 1. The number of thiophene rings is 1. The normalized spacial score (nSPS) is 14.9. The second kappa shape index (κ2) is 6.54. The first-order valence-electron chi connectivity index (χ1n) is 6.50. The first-order chi connectivity index (χ1) is 9.88. The molecule has 3 N–H and O–H groups in total. The van der Waals surface area contributed by atoms with Crippen molar-refractivity contribution in [2.45, 2.75) is 35.9 Å². The van der Waals surface area contributed by atoms with Crippen LogP contribution >= 0.6 is 11.3 Å². The van der Waals surface area contributed by atoms with Crippen LogP contribution < -0.4 is 10.0 Å². The van der Waals surface area contributed by atoms with Gasteiger partial charge in [-0.2, -0.15) is 0 Å². The molecule has 1 saturated carbocycles. The number of carboxylic acid groups (broad SMARTS) is 1. The van der Waals surface area contributed by atoms with E-state index in [4.69, 9.17) is 5.11 Å². The van der Waals surface area contributed by atoms with Gasteiger partial charge in [0.05, 0.1) is 0 Å². The molecule has 1 amide bonds. The summed E-state index contributed by atoms with van der Waals surface area (Å²) >= 11 is 0.700. The van der Waals surface area contributed by atoms with Gasteiger partial charge in [-0.15, -0.1) is 11.3 Å². The van der Waals surface area contributed by atoms with Gasteiger partial charge in [0.2, 0.25) is 15.9 Å². The standard InChI is InChI=1S/C12H16N2O5S2/c15-10(14-8-3-4-8)2-1-7-13-21(18,19)11-6-5-9(20-11)12(16)17/h5-6,8,13H,1-4,7H2,(H,14,15)(H,16,17). The van der Waals surface area contributed by atoms with Gasteiger partial charge in [-0.05, 0) is 31.4 Å². The van der Waals surface area contributed by atoms with Crippen LogP contribution in [0.15, 0.2) is 16.3 Å². The lowest BCUT2D eigenvalue weighted by Gasteiger charge is -2.05. The summed E-state index contributed by atoms with van der Waals surface area (Å²) in [7, 11) is -3.71. The third kappa shape index (κ3) is 4.80. The molecule has 0 aromatic carbocycles. The number of carbonyl (C=O) groups is 2. The molecule has 0 aliphatic heterocycles. The van der Waals surface area contributed by atoms with E-state index in [-0.39, 0.29) is 28.0 Å². The highest BCUT2D eigenvalue weighted by molar-refractivity contribution is 7.91. The molecule has 2 rings (SSSR count). The monoisotopic (exact) mass is 332 g/mol. The number of carbonyl (C=O) groups excluding carboxylic acids is 1. The van der Waals surface area contributed by atoms with Crippen molar-refractivity contribution in [3.05, 3.63) is 17.0 Å². The van der Waals surface area contributed by atoms with Crippen LogP contribution in [-0.4, -0.2) is 38.0 Å². The van der Waals surface area contributed by atoms with E-state index >= 15 is 0 Å². The largest absolute Gasteiger partial charge is 0.477 e. The molecule has 1 heterocycles. The summed E-state index contributed by atoms with van der Waals surface area (Å²) in [6.07, 6.45) is 2.70. The average Bonchev–Trinajstić information content (AvgIpc) is 3.06. The predicted octanol–water partition coefficient (Wildman–Crippen LogP) is 0.783. The van der Waals surface area contributed by atoms with E-state index < -0.39 is 16.0 Å². The van der Waals surface area contributed by atoms with Crippen LogP contribution in [0.3, 0.4) is 0 Å². The maximum absolute atomic E-state index is 11.9. The number of amides is 1. The Bertz CT molecular complexity index is 634. The maximum atomic E-state index is 11.9. The second-order valence-corrected chi connectivity index (χ2v) is 7.84. The Morgan fingerprint density at radius 2 is 2.05 bits per heavy atom. The quantitative estimate of drug-likeness (QED) is 0.609. The lowest BCUT2D eigenvalue weighted by atomic mass is 10.3. The number of rotatable bonds is 8. The SMILES string of the molecule is O=C(CCCNS(=O)(=O)c1ccc(C(=O)O)s1)NC1CC1. The highest BCUT2D eigenvalue weighted by Gasteiger charge is 2.23. The lowest BCUT2D eigenvalue weighted by Crippen LogP contribution is -2.28. The van der Waals surface area contributed by atoms with Crippen LogP contribution in [0.25, 0.3) is 0 Å².